The van der Waals surface area contributed by atoms with Crippen LogP contribution < -0.4 is 11.0 Å². The second kappa shape index (κ2) is 12.8. The Morgan fingerprint density at radius 2 is 1.76 bits per heavy atom. The number of aromatic amines is 1. The summed E-state index contributed by atoms with van der Waals surface area (Å²) in [4.78, 5) is 31.0. The van der Waals surface area contributed by atoms with Gasteiger partial charge in [-0.25, -0.2) is 15.4 Å². The smallest absolute Gasteiger partial charge is 0.293 e. The number of aromatic hydroxyl groups is 1. The molecular formula is C28H29N5O5. The number of aliphatic hydroxyl groups excluding tert-OH is 2. The lowest BCUT2D eigenvalue weighted by molar-refractivity contribution is -0.134. The quantitative estimate of drug-likeness (QED) is 0.278. The number of benzene rings is 2. The Morgan fingerprint density at radius 3 is 2.42 bits per heavy atom. The van der Waals surface area contributed by atoms with Gasteiger partial charge in [-0.1, -0.05) is 42.2 Å². The molecule has 0 bridgehead atoms. The SMILES string of the molecule is O=C(CO)N1C=CCN(NCc2ccc(C#Cc3ccc([C@@H](CO)Cc4nc[nH]c(=O)c4O)cc3)cc2)C1. The molecule has 5 N–H and O–H groups in total. The van der Waals surface area contributed by atoms with E-state index in [1.807, 2.05) is 59.6 Å². The molecule has 1 aromatic heterocycles. The van der Waals surface area contributed by atoms with Crippen LogP contribution in [-0.2, 0) is 17.8 Å². The summed E-state index contributed by atoms with van der Waals surface area (Å²) in [6, 6.07) is 15.3. The molecule has 0 saturated carbocycles. The Kier molecular flexibility index (Phi) is 9.02. The summed E-state index contributed by atoms with van der Waals surface area (Å²) < 4.78 is 0. The fourth-order valence-corrected chi connectivity index (χ4v) is 3.95. The highest BCUT2D eigenvalue weighted by atomic mass is 16.3. The van der Waals surface area contributed by atoms with Crippen molar-refractivity contribution in [2.45, 2.75) is 18.9 Å². The number of carbonyl (C=O) groups is 1. The Labute approximate surface area is 219 Å². The molecule has 196 valence electrons. The molecule has 0 radical (unpaired) electrons. The molecule has 1 amide bonds. The van der Waals surface area contributed by atoms with Crippen LogP contribution in [-0.4, -0.2) is 67.5 Å². The molecule has 1 aliphatic heterocycles. The summed E-state index contributed by atoms with van der Waals surface area (Å²) in [7, 11) is 0. The van der Waals surface area contributed by atoms with Gasteiger partial charge >= 0.3 is 0 Å². The molecule has 0 unspecified atom stereocenters. The highest BCUT2D eigenvalue weighted by Crippen LogP contribution is 2.22. The fourth-order valence-electron chi connectivity index (χ4n) is 3.95. The zero-order valence-electron chi connectivity index (χ0n) is 20.7. The molecule has 10 nitrogen and oxygen atoms in total. The van der Waals surface area contributed by atoms with Gasteiger partial charge in [0.25, 0.3) is 11.5 Å². The van der Waals surface area contributed by atoms with Gasteiger partial charge in [0, 0.05) is 42.8 Å². The van der Waals surface area contributed by atoms with Gasteiger partial charge in [0.05, 0.1) is 25.3 Å². The molecule has 2 aromatic carbocycles. The molecule has 38 heavy (non-hydrogen) atoms. The maximum atomic E-state index is 11.7. The summed E-state index contributed by atoms with van der Waals surface area (Å²) in [6.07, 6.45) is 5.00. The van der Waals surface area contributed by atoms with Gasteiger partial charge < -0.3 is 25.2 Å². The highest BCUT2D eigenvalue weighted by molar-refractivity contribution is 5.78. The number of H-pyrrole nitrogens is 1. The number of rotatable bonds is 8. The molecule has 10 heteroatoms. The first-order valence-corrected chi connectivity index (χ1v) is 12.1. The molecule has 3 aromatic rings. The van der Waals surface area contributed by atoms with Crippen molar-refractivity contribution in [2.75, 3.05) is 26.4 Å². The molecular weight excluding hydrogens is 486 g/mol. The van der Waals surface area contributed by atoms with Crippen LogP contribution >= 0.6 is 0 Å². The minimum absolute atomic E-state index is 0.159. The number of amides is 1. The first-order valence-electron chi connectivity index (χ1n) is 12.1. The zero-order valence-corrected chi connectivity index (χ0v) is 20.7. The number of hydrazine groups is 1. The molecule has 4 rings (SSSR count). The molecule has 2 heterocycles. The van der Waals surface area contributed by atoms with Crippen LogP contribution in [0.15, 0.2) is 71.9 Å². The predicted molar refractivity (Wildman–Crippen MR) is 140 cm³/mol. The number of carbonyl (C=O) groups excluding carboxylic acids is 1. The van der Waals surface area contributed by atoms with E-state index < -0.39 is 17.9 Å². The van der Waals surface area contributed by atoms with Crippen LogP contribution in [0.3, 0.4) is 0 Å². The number of hydrogen-bond donors (Lipinski definition) is 5. The second-order valence-electron chi connectivity index (χ2n) is 8.78. The van der Waals surface area contributed by atoms with E-state index in [0.717, 1.165) is 22.3 Å². The van der Waals surface area contributed by atoms with Crippen LogP contribution in [0.25, 0.3) is 0 Å². The summed E-state index contributed by atoms with van der Waals surface area (Å²) >= 11 is 0. The lowest BCUT2D eigenvalue weighted by Crippen LogP contribution is -2.48. The summed E-state index contributed by atoms with van der Waals surface area (Å²) in [5, 5.41) is 30.7. The van der Waals surface area contributed by atoms with Crippen molar-refractivity contribution in [3.63, 3.8) is 0 Å². The lowest BCUT2D eigenvalue weighted by atomic mass is 9.94. The number of nitrogens with zero attached hydrogens (tertiary/aromatic N) is 3. The topological polar surface area (TPSA) is 142 Å². The highest BCUT2D eigenvalue weighted by Gasteiger charge is 2.17. The zero-order chi connectivity index (χ0) is 26.9. The van der Waals surface area contributed by atoms with Crippen molar-refractivity contribution >= 4 is 5.91 Å². The third kappa shape index (κ3) is 6.94. The largest absolute Gasteiger partial charge is 0.502 e. The lowest BCUT2D eigenvalue weighted by Gasteiger charge is -2.31. The average Bonchev–Trinajstić information content (AvgIpc) is 2.96. The van der Waals surface area contributed by atoms with E-state index >= 15 is 0 Å². The summed E-state index contributed by atoms with van der Waals surface area (Å²) in [6.45, 7) is 0.924. The van der Waals surface area contributed by atoms with Crippen LogP contribution in [0.4, 0.5) is 0 Å². The van der Waals surface area contributed by atoms with Crippen LogP contribution in [0.1, 0.15) is 33.9 Å². The van der Waals surface area contributed by atoms with Gasteiger partial charge in [-0.05, 0) is 35.4 Å². The number of aliphatic hydroxyl groups is 2. The molecule has 1 atom stereocenters. The monoisotopic (exact) mass is 515 g/mol. The third-order valence-corrected chi connectivity index (χ3v) is 6.15. The third-order valence-electron chi connectivity index (χ3n) is 6.15. The number of hydrogen-bond acceptors (Lipinski definition) is 8. The van der Waals surface area contributed by atoms with Crippen LogP contribution in [0.5, 0.6) is 5.75 Å². The van der Waals surface area contributed by atoms with Crippen LogP contribution in [0.2, 0.25) is 0 Å². The Bertz CT molecular complexity index is 1390. The van der Waals surface area contributed by atoms with Crippen LogP contribution in [0, 0.1) is 11.8 Å². The van der Waals surface area contributed by atoms with Gasteiger partial charge in [0.2, 0.25) is 5.75 Å². The Balaban J connectivity index is 1.32. The minimum Gasteiger partial charge on any atom is -0.502 e. The average molecular weight is 516 g/mol. The summed E-state index contributed by atoms with van der Waals surface area (Å²) in [5.41, 5.74) is 6.50. The first kappa shape index (κ1) is 26.8. The van der Waals surface area contributed by atoms with E-state index in [-0.39, 0.29) is 30.5 Å². The normalized spacial score (nSPS) is 14.1. The van der Waals surface area contributed by atoms with E-state index in [0.29, 0.717) is 19.8 Å². The van der Waals surface area contributed by atoms with E-state index in [1.54, 1.807) is 6.20 Å². The van der Waals surface area contributed by atoms with Crippen molar-refractivity contribution in [3.8, 4) is 17.6 Å². The predicted octanol–water partition coefficient (Wildman–Crippen LogP) is 0.806. The van der Waals surface area contributed by atoms with Gasteiger partial charge in [0.1, 0.15) is 6.61 Å². The molecule has 0 saturated heterocycles. The molecule has 0 aliphatic carbocycles. The number of nitrogens with one attached hydrogen (secondary N) is 2. The van der Waals surface area contributed by atoms with E-state index in [2.05, 4.69) is 27.2 Å². The van der Waals surface area contributed by atoms with Crippen molar-refractivity contribution in [3.05, 3.63) is 105 Å². The fraction of sp³-hybridized carbons (Fsp3) is 0.250. The van der Waals surface area contributed by atoms with Crippen molar-refractivity contribution in [2.24, 2.45) is 0 Å². The van der Waals surface area contributed by atoms with Crippen molar-refractivity contribution < 1.29 is 20.1 Å². The van der Waals surface area contributed by atoms with Crippen molar-refractivity contribution in [1.29, 1.82) is 0 Å². The standard InChI is InChI=1S/C28H29N5O5/c34-16-24(14-25-27(37)28(38)30-18-29-25)23-10-8-21(9-11-23)3-2-20-4-6-22(7-5-20)15-31-33-13-1-12-32(19-33)26(36)17-35/h1,4-12,18,24,31,34-35,37H,13-17,19H2,(H,29,30,38)/t24-/m1/s1. The summed E-state index contributed by atoms with van der Waals surface area (Å²) in [5.74, 6) is 5.18. The van der Waals surface area contributed by atoms with Gasteiger partial charge in [-0.2, -0.15) is 0 Å². The maximum absolute atomic E-state index is 11.7. The van der Waals surface area contributed by atoms with E-state index in [9.17, 15) is 19.8 Å². The first-order chi connectivity index (χ1) is 18.5. The maximum Gasteiger partial charge on any atom is 0.293 e. The molecule has 0 spiro atoms. The Hall–Kier alpha value is -4.27. The van der Waals surface area contributed by atoms with E-state index in [4.69, 9.17) is 5.11 Å². The Morgan fingerprint density at radius 1 is 1.08 bits per heavy atom. The minimum atomic E-state index is -0.607. The van der Waals surface area contributed by atoms with Gasteiger partial charge in [-0.15, -0.1) is 0 Å². The van der Waals surface area contributed by atoms with Gasteiger partial charge in [0.15, 0.2) is 0 Å². The number of aromatic nitrogens is 2. The molecule has 1 aliphatic rings. The second-order valence-corrected chi connectivity index (χ2v) is 8.78. The molecule has 0 fully saturated rings. The van der Waals surface area contributed by atoms with Crippen molar-refractivity contribution in [1.82, 2.24) is 25.3 Å². The van der Waals surface area contributed by atoms with E-state index in [1.165, 1.54) is 11.2 Å². The van der Waals surface area contributed by atoms with Gasteiger partial charge in [-0.3, -0.25) is 9.59 Å².